The van der Waals surface area contributed by atoms with Crippen molar-refractivity contribution in [1.29, 1.82) is 0 Å². The van der Waals surface area contributed by atoms with Gasteiger partial charge < -0.3 is 4.90 Å². The number of thioether (sulfide) groups is 1. The van der Waals surface area contributed by atoms with E-state index < -0.39 is 0 Å². The van der Waals surface area contributed by atoms with Crippen molar-refractivity contribution in [3.8, 4) is 0 Å². The van der Waals surface area contributed by atoms with Crippen molar-refractivity contribution in [2.45, 2.75) is 30.5 Å². The zero-order valence-corrected chi connectivity index (χ0v) is 18.3. The van der Waals surface area contributed by atoms with E-state index in [2.05, 4.69) is 28.4 Å². The number of aromatic nitrogens is 4. The van der Waals surface area contributed by atoms with Crippen LogP contribution < -0.4 is 5.56 Å². The topological polar surface area (TPSA) is 72.5 Å². The molecule has 2 aromatic heterocycles. The number of hydrogen-bond acceptors (Lipinski definition) is 5. The second-order valence-corrected chi connectivity index (χ2v) is 8.84. The first kappa shape index (κ1) is 19.8. The third-order valence-electron chi connectivity index (χ3n) is 6.12. The zero-order chi connectivity index (χ0) is 21.5. The fourth-order valence-corrected chi connectivity index (χ4v) is 5.30. The van der Waals surface area contributed by atoms with Gasteiger partial charge in [-0.2, -0.15) is 0 Å². The molecule has 0 N–H and O–H groups in total. The van der Waals surface area contributed by atoms with Crippen LogP contribution in [0.4, 0.5) is 0 Å². The molecule has 5 rings (SSSR count). The summed E-state index contributed by atoms with van der Waals surface area (Å²) in [5.74, 6) is 0.776. The number of para-hydroxylation sites is 1. The first-order chi connectivity index (χ1) is 15.1. The van der Waals surface area contributed by atoms with E-state index in [1.165, 1.54) is 27.5 Å². The number of carbonyl (C=O) groups excluding carboxylic acids is 1. The van der Waals surface area contributed by atoms with Crippen molar-refractivity contribution in [2.24, 2.45) is 7.05 Å². The second-order valence-electron chi connectivity index (χ2n) is 7.90. The summed E-state index contributed by atoms with van der Waals surface area (Å²) in [6, 6.07) is 15.9. The Morgan fingerprint density at radius 1 is 1.16 bits per heavy atom. The van der Waals surface area contributed by atoms with Crippen molar-refractivity contribution in [3.05, 3.63) is 70.0 Å². The lowest BCUT2D eigenvalue weighted by Crippen LogP contribution is -2.34. The summed E-state index contributed by atoms with van der Waals surface area (Å²) >= 11 is 1.35. The van der Waals surface area contributed by atoms with Crippen molar-refractivity contribution in [1.82, 2.24) is 24.1 Å². The highest BCUT2D eigenvalue weighted by Gasteiger charge is 2.27. The minimum absolute atomic E-state index is 0.0533. The molecule has 0 bridgehead atoms. The highest BCUT2D eigenvalue weighted by atomic mass is 32.2. The number of carbonyl (C=O) groups is 1. The molecule has 0 aliphatic heterocycles. The number of nitrogens with zero attached hydrogens (tertiary/aromatic N) is 5. The molecule has 7 nitrogen and oxygen atoms in total. The van der Waals surface area contributed by atoms with Crippen LogP contribution in [0.15, 0.2) is 58.5 Å². The lowest BCUT2D eigenvalue weighted by Gasteiger charge is -2.33. The molecule has 0 fully saturated rings. The molecule has 8 heteroatoms. The lowest BCUT2D eigenvalue weighted by molar-refractivity contribution is -0.129. The normalized spacial score (nSPS) is 15.9. The van der Waals surface area contributed by atoms with Crippen LogP contribution in [0.5, 0.6) is 0 Å². The van der Waals surface area contributed by atoms with Crippen LogP contribution in [-0.4, -0.2) is 42.8 Å². The van der Waals surface area contributed by atoms with Gasteiger partial charge in [0.1, 0.15) is 0 Å². The highest BCUT2D eigenvalue weighted by molar-refractivity contribution is 7.99. The van der Waals surface area contributed by atoms with Crippen LogP contribution in [0.1, 0.15) is 30.0 Å². The molecule has 1 aliphatic carbocycles. The zero-order valence-electron chi connectivity index (χ0n) is 17.5. The van der Waals surface area contributed by atoms with Gasteiger partial charge in [0.15, 0.2) is 5.16 Å². The Hall–Kier alpha value is -3.13. The van der Waals surface area contributed by atoms with Gasteiger partial charge in [0.05, 0.1) is 22.7 Å². The van der Waals surface area contributed by atoms with Crippen molar-refractivity contribution < 1.29 is 4.79 Å². The van der Waals surface area contributed by atoms with Crippen molar-refractivity contribution in [3.63, 3.8) is 0 Å². The van der Waals surface area contributed by atoms with E-state index in [1.54, 1.807) is 13.1 Å². The Morgan fingerprint density at radius 2 is 1.94 bits per heavy atom. The van der Waals surface area contributed by atoms with E-state index in [0.717, 1.165) is 24.8 Å². The molecule has 0 saturated carbocycles. The van der Waals surface area contributed by atoms with Crippen LogP contribution in [0, 0.1) is 0 Å². The number of amides is 1. The molecule has 31 heavy (non-hydrogen) atoms. The van der Waals surface area contributed by atoms with E-state index in [-0.39, 0.29) is 23.3 Å². The molecule has 158 valence electrons. The van der Waals surface area contributed by atoms with Crippen LogP contribution in [0.2, 0.25) is 0 Å². The van der Waals surface area contributed by atoms with Crippen LogP contribution >= 0.6 is 11.8 Å². The molecule has 1 atom stereocenters. The maximum atomic E-state index is 13.1. The SMILES string of the molecule is CN(C(=O)CSc1nnc2n(C)c(=O)c3ccccc3n12)C1CCCc2ccccc21. The molecule has 1 amide bonds. The van der Waals surface area contributed by atoms with Gasteiger partial charge in [-0.15, -0.1) is 10.2 Å². The quantitative estimate of drug-likeness (QED) is 0.462. The van der Waals surface area contributed by atoms with Gasteiger partial charge in [-0.25, -0.2) is 0 Å². The summed E-state index contributed by atoms with van der Waals surface area (Å²) in [6.45, 7) is 0. The standard InChI is InChI=1S/C23H23N5O2S/c1-26(18-13-7-9-15-8-3-4-10-16(15)18)20(29)14-31-23-25-24-22-27(2)21(30)17-11-5-6-12-19(17)28(22)23/h3-6,8,10-12,18H,7,9,13-14H2,1-2H3. The monoisotopic (exact) mass is 433 g/mol. The van der Waals surface area contributed by atoms with E-state index in [4.69, 9.17) is 0 Å². The third kappa shape index (κ3) is 3.31. The predicted octanol–water partition coefficient (Wildman–Crippen LogP) is 3.21. The van der Waals surface area contributed by atoms with E-state index in [0.29, 0.717) is 16.3 Å². The van der Waals surface area contributed by atoms with Crippen LogP contribution in [-0.2, 0) is 18.3 Å². The molecular formula is C23H23N5O2S. The Balaban J connectivity index is 1.42. The van der Waals surface area contributed by atoms with Crippen molar-refractivity contribution in [2.75, 3.05) is 12.8 Å². The van der Waals surface area contributed by atoms with Crippen LogP contribution in [0.25, 0.3) is 16.7 Å². The largest absolute Gasteiger partial charge is 0.338 e. The Labute approximate surface area is 183 Å². The number of aryl methyl sites for hydroxylation is 2. The van der Waals surface area contributed by atoms with Crippen LogP contribution in [0.3, 0.4) is 0 Å². The minimum Gasteiger partial charge on any atom is -0.338 e. The molecule has 0 saturated heterocycles. The average Bonchev–Trinajstić information content (AvgIpc) is 3.24. The number of hydrogen-bond donors (Lipinski definition) is 0. The van der Waals surface area contributed by atoms with Gasteiger partial charge in [-0.05, 0) is 42.5 Å². The smallest absolute Gasteiger partial charge is 0.262 e. The highest BCUT2D eigenvalue weighted by Crippen LogP contribution is 2.34. The van der Waals surface area contributed by atoms with Gasteiger partial charge in [0.25, 0.3) is 5.56 Å². The molecule has 4 aromatic rings. The van der Waals surface area contributed by atoms with Gasteiger partial charge in [0, 0.05) is 14.1 Å². The maximum Gasteiger partial charge on any atom is 0.262 e. The number of rotatable bonds is 4. The number of benzene rings is 2. The Bertz CT molecular complexity index is 1360. The second kappa shape index (κ2) is 7.85. The van der Waals surface area contributed by atoms with Gasteiger partial charge in [-0.1, -0.05) is 48.2 Å². The van der Waals surface area contributed by atoms with Gasteiger partial charge in [0.2, 0.25) is 11.7 Å². The van der Waals surface area contributed by atoms with Gasteiger partial charge >= 0.3 is 0 Å². The third-order valence-corrected chi connectivity index (χ3v) is 7.03. The minimum atomic E-state index is -0.112. The molecular weight excluding hydrogens is 410 g/mol. The average molecular weight is 434 g/mol. The lowest BCUT2D eigenvalue weighted by atomic mass is 9.87. The molecule has 0 spiro atoms. The molecule has 2 aromatic carbocycles. The molecule has 0 radical (unpaired) electrons. The Kier molecular flexibility index (Phi) is 5.02. The first-order valence-electron chi connectivity index (χ1n) is 10.4. The van der Waals surface area contributed by atoms with Crippen molar-refractivity contribution >= 4 is 34.3 Å². The predicted molar refractivity (Wildman–Crippen MR) is 121 cm³/mol. The Morgan fingerprint density at radius 3 is 2.81 bits per heavy atom. The summed E-state index contributed by atoms with van der Waals surface area (Å²) in [4.78, 5) is 27.5. The number of fused-ring (bicyclic) bond motifs is 4. The first-order valence-corrected chi connectivity index (χ1v) is 11.3. The van der Waals surface area contributed by atoms with E-state index >= 15 is 0 Å². The fraction of sp³-hybridized carbons (Fsp3) is 0.304. The summed E-state index contributed by atoms with van der Waals surface area (Å²) in [7, 11) is 3.57. The summed E-state index contributed by atoms with van der Waals surface area (Å²) in [5.41, 5.74) is 3.22. The van der Waals surface area contributed by atoms with E-state index in [1.807, 2.05) is 40.6 Å². The maximum absolute atomic E-state index is 13.1. The summed E-state index contributed by atoms with van der Waals surface area (Å²) < 4.78 is 3.34. The summed E-state index contributed by atoms with van der Waals surface area (Å²) in [5, 5.41) is 9.68. The van der Waals surface area contributed by atoms with E-state index in [9.17, 15) is 9.59 Å². The molecule has 2 heterocycles. The summed E-state index contributed by atoms with van der Waals surface area (Å²) in [6.07, 6.45) is 3.13. The molecule has 1 unspecified atom stereocenters. The molecule has 1 aliphatic rings. The van der Waals surface area contributed by atoms with Gasteiger partial charge in [-0.3, -0.25) is 18.6 Å². The fourth-order valence-electron chi connectivity index (χ4n) is 4.44.